The summed E-state index contributed by atoms with van der Waals surface area (Å²) in [5.74, 6) is -0.241. The largest absolute Gasteiger partial charge is 0.346 e. The number of fused-ring (bicyclic) bond motifs is 1. The van der Waals surface area contributed by atoms with Gasteiger partial charge in [0, 0.05) is 48.8 Å². The average Bonchev–Trinajstić information content (AvgIpc) is 3.10. The SMILES string of the molecule is Cc1ccc(C)c(S(=O)(=O)NCCC(=O)Nc2ccc3c(ccn3CCN(C)C)c2)c1. The number of hydrogen-bond donors (Lipinski definition) is 2. The molecule has 0 aliphatic heterocycles. The van der Waals surface area contributed by atoms with Gasteiger partial charge in [0.1, 0.15) is 0 Å². The fourth-order valence-corrected chi connectivity index (χ4v) is 4.74. The number of amides is 1. The number of aryl methyl sites for hydroxylation is 2. The maximum Gasteiger partial charge on any atom is 0.240 e. The summed E-state index contributed by atoms with van der Waals surface area (Å²) in [7, 11) is 0.430. The van der Waals surface area contributed by atoms with Gasteiger partial charge in [-0.25, -0.2) is 13.1 Å². The molecule has 7 nitrogen and oxygen atoms in total. The van der Waals surface area contributed by atoms with Crippen LogP contribution in [0.15, 0.2) is 53.6 Å². The van der Waals surface area contributed by atoms with Crippen LogP contribution in [0.2, 0.25) is 0 Å². The number of nitrogens with one attached hydrogen (secondary N) is 2. The van der Waals surface area contributed by atoms with Crippen molar-refractivity contribution in [3.05, 3.63) is 59.8 Å². The van der Waals surface area contributed by atoms with E-state index in [1.54, 1.807) is 19.1 Å². The quantitative estimate of drug-likeness (QED) is 0.533. The molecule has 8 heteroatoms. The number of anilines is 1. The lowest BCUT2D eigenvalue weighted by Gasteiger charge is -2.12. The van der Waals surface area contributed by atoms with Crippen LogP contribution in [0.3, 0.4) is 0 Å². The van der Waals surface area contributed by atoms with Gasteiger partial charge in [0.2, 0.25) is 15.9 Å². The predicted octanol–water partition coefficient (Wildman–Crippen LogP) is 3.13. The van der Waals surface area contributed by atoms with Crippen molar-refractivity contribution in [1.82, 2.24) is 14.2 Å². The van der Waals surface area contributed by atoms with Crippen molar-refractivity contribution < 1.29 is 13.2 Å². The van der Waals surface area contributed by atoms with E-state index in [0.717, 1.165) is 29.6 Å². The third kappa shape index (κ3) is 5.94. The Kier molecular flexibility index (Phi) is 7.15. The van der Waals surface area contributed by atoms with Crippen molar-refractivity contribution in [3.63, 3.8) is 0 Å². The first-order valence-electron chi connectivity index (χ1n) is 10.3. The van der Waals surface area contributed by atoms with E-state index < -0.39 is 10.0 Å². The van der Waals surface area contributed by atoms with Crippen LogP contribution in [0, 0.1) is 13.8 Å². The molecule has 31 heavy (non-hydrogen) atoms. The van der Waals surface area contributed by atoms with Crippen molar-refractivity contribution in [2.45, 2.75) is 31.7 Å². The van der Waals surface area contributed by atoms with Crippen molar-refractivity contribution in [1.29, 1.82) is 0 Å². The highest BCUT2D eigenvalue weighted by Gasteiger charge is 2.17. The molecule has 0 unspecified atom stereocenters. The zero-order valence-corrected chi connectivity index (χ0v) is 19.3. The maximum absolute atomic E-state index is 12.5. The lowest BCUT2D eigenvalue weighted by molar-refractivity contribution is -0.116. The first kappa shape index (κ1) is 23.0. The van der Waals surface area contributed by atoms with E-state index in [0.29, 0.717) is 11.3 Å². The summed E-state index contributed by atoms with van der Waals surface area (Å²) < 4.78 is 29.8. The lowest BCUT2D eigenvalue weighted by atomic mass is 10.2. The molecule has 3 aromatic rings. The first-order chi connectivity index (χ1) is 14.7. The number of hydrogen-bond acceptors (Lipinski definition) is 4. The molecule has 0 bridgehead atoms. The van der Waals surface area contributed by atoms with E-state index in [9.17, 15) is 13.2 Å². The molecule has 1 amide bonds. The van der Waals surface area contributed by atoms with Crippen LogP contribution in [-0.4, -0.2) is 51.0 Å². The molecule has 3 rings (SSSR count). The molecule has 0 saturated heterocycles. The molecule has 0 fully saturated rings. The molecular formula is C23H30N4O3S. The first-order valence-corrected chi connectivity index (χ1v) is 11.7. The zero-order valence-electron chi connectivity index (χ0n) is 18.5. The minimum absolute atomic E-state index is 0.0324. The normalized spacial score (nSPS) is 11.9. The highest BCUT2D eigenvalue weighted by Crippen LogP contribution is 2.21. The van der Waals surface area contributed by atoms with E-state index in [4.69, 9.17) is 0 Å². The van der Waals surface area contributed by atoms with Gasteiger partial charge in [0.25, 0.3) is 0 Å². The number of aromatic nitrogens is 1. The van der Waals surface area contributed by atoms with Gasteiger partial charge in [-0.2, -0.15) is 0 Å². The van der Waals surface area contributed by atoms with E-state index >= 15 is 0 Å². The van der Waals surface area contributed by atoms with Crippen LogP contribution in [0.4, 0.5) is 5.69 Å². The molecule has 2 aromatic carbocycles. The number of likely N-dealkylation sites (N-methyl/N-ethyl adjacent to an activating group) is 1. The molecule has 0 atom stereocenters. The van der Waals surface area contributed by atoms with E-state index in [2.05, 4.69) is 19.5 Å². The van der Waals surface area contributed by atoms with Gasteiger partial charge < -0.3 is 14.8 Å². The summed E-state index contributed by atoms with van der Waals surface area (Å²) >= 11 is 0. The van der Waals surface area contributed by atoms with Crippen LogP contribution in [0.5, 0.6) is 0 Å². The molecule has 0 aliphatic rings. The lowest BCUT2D eigenvalue weighted by Crippen LogP contribution is -2.28. The summed E-state index contributed by atoms with van der Waals surface area (Å²) in [4.78, 5) is 14.7. The van der Waals surface area contributed by atoms with Crippen molar-refractivity contribution >= 4 is 32.5 Å². The summed E-state index contributed by atoms with van der Waals surface area (Å²) in [6.07, 6.45) is 2.09. The van der Waals surface area contributed by atoms with Gasteiger partial charge in [-0.3, -0.25) is 4.79 Å². The molecule has 1 heterocycles. The molecule has 1 aromatic heterocycles. The second kappa shape index (κ2) is 9.64. The molecular weight excluding hydrogens is 412 g/mol. The van der Waals surface area contributed by atoms with Crippen molar-refractivity contribution in [3.8, 4) is 0 Å². The van der Waals surface area contributed by atoms with Crippen LogP contribution < -0.4 is 10.0 Å². The Hall–Kier alpha value is -2.68. The number of rotatable bonds is 9. The van der Waals surface area contributed by atoms with Gasteiger partial charge in [-0.05, 0) is 69.4 Å². The summed E-state index contributed by atoms with van der Waals surface area (Å²) in [5.41, 5.74) is 3.35. The number of nitrogens with zero attached hydrogens (tertiary/aromatic N) is 2. The van der Waals surface area contributed by atoms with Crippen molar-refractivity contribution in [2.24, 2.45) is 0 Å². The average molecular weight is 443 g/mol. The zero-order chi connectivity index (χ0) is 22.6. The topological polar surface area (TPSA) is 83.4 Å². The third-order valence-electron chi connectivity index (χ3n) is 5.12. The molecule has 2 N–H and O–H groups in total. The second-order valence-electron chi connectivity index (χ2n) is 8.05. The summed E-state index contributed by atoms with van der Waals surface area (Å²) in [6, 6.07) is 13.1. The highest BCUT2D eigenvalue weighted by atomic mass is 32.2. The predicted molar refractivity (Wildman–Crippen MR) is 125 cm³/mol. The molecule has 166 valence electrons. The fraction of sp³-hybridized carbons (Fsp3) is 0.348. The highest BCUT2D eigenvalue weighted by molar-refractivity contribution is 7.89. The number of carbonyl (C=O) groups is 1. The number of carbonyl (C=O) groups excluding carboxylic acids is 1. The van der Waals surface area contributed by atoms with E-state index in [-0.39, 0.29) is 23.8 Å². The van der Waals surface area contributed by atoms with Crippen LogP contribution in [-0.2, 0) is 21.4 Å². The van der Waals surface area contributed by atoms with Gasteiger partial charge in [0.15, 0.2) is 0 Å². The Labute approximate surface area is 184 Å². The Bertz CT molecular complexity index is 1180. The van der Waals surface area contributed by atoms with Crippen LogP contribution in [0.1, 0.15) is 17.5 Å². The van der Waals surface area contributed by atoms with Gasteiger partial charge in [0.05, 0.1) is 4.90 Å². The molecule has 0 radical (unpaired) electrons. The Morgan fingerprint density at radius 3 is 2.58 bits per heavy atom. The number of sulfonamides is 1. The Balaban J connectivity index is 1.57. The number of benzene rings is 2. The molecule has 0 spiro atoms. The van der Waals surface area contributed by atoms with Gasteiger partial charge >= 0.3 is 0 Å². The van der Waals surface area contributed by atoms with Crippen molar-refractivity contribution in [2.75, 3.05) is 32.5 Å². The summed E-state index contributed by atoms with van der Waals surface area (Å²) in [6.45, 7) is 5.47. The standard InChI is InChI=1S/C23H30N4O3S/c1-17-5-6-18(2)22(15-17)31(29,30)24-11-9-23(28)25-20-7-8-21-19(16-20)10-12-27(21)14-13-26(3)4/h5-8,10,12,15-16,24H,9,11,13-14H2,1-4H3,(H,25,28). The second-order valence-corrected chi connectivity index (χ2v) is 9.79. The third-order valence-corrected chi connectivity index (χ3v) is 6.72. The van der Waals surface area contributed by atoms with Gasteiger partial charge in [-0.1, -0.05) is 12.1 Å². The minimum Gasteiger partial charge on any atom is -0.346 e. The smallest absolute Gasteiger partial charge is 0.240 e. The molecule has 0 aliphatic carbocycles. The van der Waals surface area contributed by atoms with Gasteiger partial charge in [-0.15, -0.1) is 0 Å². The fourth-order valence-electron chi connectivity index (χ4n) is 3.38. The Morgan fingerprint density at radius 2 is 1.84 bits per heavy atom. The van der Waals surface area contributed by atoms with E-state index in [1.165, 1.54) is 0 Å². The van der Waals surface area contributed by atoms with Crippen LogP contribution in [0.25, 0.3) is 10.9 Å². The monoisotopic (exact) mass is 442 g/mol. The maximum atomic E-state index is 12.5. The Morgan fingerprint density at radius 1 is 1.06 bits per heavy atom. The minimum atomic E-state index is -3.66. The van der Waals surface area contributed by atoms with E-state index in [1.807, 2.05) is 57.5 Å². The molecule has 0 saturated carbocycles. The summed E-state index contributed by atoms with van der Waals surface area (Å²) in [5, 5.41) is 3.90. The van der Waals surface area contributed by atoms with Crippen LogP contribution >= 0.6 is 0 Å².